The fourth-order valence-electron chi connectivity index (χ4n) is 3.71. The van der Waals surface area contributed by atoms with Crippen molar-refractivity contribution in [2.24, 2.45) is 5.92 Å². The summed E-state index contributed by atoms with van der Waals surface area (Å²) in [5, 5.41) is 0. The van der Waals surface area contributed by atoms with Gasteiger partial charge in [-0.3, -0.25) is 9.78 Å². The van der Waals surface area contributed by atoms with E-state index in [4.69, 9.17) is 13.9 Å². The molecule has 2 saturated heterocycles. The SMILES string of the molecule is Cc1cncc(OCC[C@@H]2CCOC3(C2)CN(C(=O)c2cocn2)C3)n1. The molecular weight excluding hydrogens is 336 g/mol. The Labute approximate surface area is 151 Å². The lowest BCUT2D eigenvalue weighted by Crippen LogP contribution is -2.66. The molecule has 0 saturated carbocycles. The van der Waals surface area contributed by atoms with Crippen molar-refractivity contribution in [1.29, 1.82) is 0 Å². The van der Waals surface area contributed by atoms with Crippen LogP contribution in [0.15, 0.2) is 29.5 Å². The third-order valence-corrected chi connectivity index (χ3v) is 5.00. The van der Waals surface area contributed by atoms with Gasteiger partial charge in [0.15, 0.2) is 12.1 Å². The summed E-state index contributed by atoms with van der Waals surface area (Å²) in [6.07, 6.45) is 8.89. The van der Waals surface area contributed by atoms with E-state index in [9.17, 15) is 4.79 Å². The van der Waals surface area contributed by atoms with Gasteiger partial charge in [-0.2, -0.15) is 0 Å². The van der Waals surface area contributed by atoms with Crippen LogP contribution in [0, 0.1) is 12.8 Å². The summed E-state index contributed by atoms with van der Waals surface area (Å²) >= 11 is 0. The number of hydrogen-bond acceptors (Lipinski definition) is 7. The zero-order valence-electron chi connectivity index (χ0n) is 14.8. The number of aromatic nitrogens is 3. The number of likely N-dealkylation sites (tertiary alicyclic amines) is 1. The predicted molar refractivity (Wildman–Crippen MR) is 90.7 cm³/mol. The Hall–Kier alpha value is -2.48. The summed E-state index contributed by atoms with van der Waals surface area (Å²) in [4.78, 5) is 26.3. The summed E-state index contributed by atoms with van der Waals surface area (Å²) in [5.74, 6) is 0.988. The van der Waals surface area contributed by atoms with E-state index in [0.717, 1.165) is 31.6 Å². The summed E-state index contributed by atoms with van der Waals surface area (Å²) in [6, 6.07) is 0. The van der Waals surface area contributed by atoms with Gasteiger partial charge in [0.2, 0.25) is 5.88 Å². The number of nitrogens with zero attached hydrogens (tertiary/aromatic N) is 4. The average Bonchev–Trinajstić information content (AvgIpc) is 3.14. The summed E-state index contributed by atoms with van der Waals surface area (Å²) in [5.41, 5.74) is 0.976. The first-order valence-corrected chi connectivity index (χ1v) is 8.86. The second-order valence-corrected chi connectivity index (χ2v) is 7.06. The highest BCUT2D eigenvalue weighted by molar-refractivity contribution is 5.92. The van der Waals surface area contributed by atoms with E-state index in [1.807, 2.05) is 6.92 Å². The number of carbonyl (C=O) groups excluding carboxylic acids is 1. The minimum Gasteiger partial charge on any atom is -0.477 e. The van der Waals surface area contributed by atoms with Crippen LogP contribution in [0.4, 0.5) is 0 Å². The van der Waals surface area contributed by atoms with Gasteiger partial charge in [-0.05, 0) is 32.1 Å². The van der Waals surface area contributed by atoms with Gasteiger partial charge in [0.05, 0.1) is 31.6 Å². The van der Waals surface area contributed by atoms with Crippen molar-refractivity contribution in [2.45, 2.75) is 31.8 Å². The Morgan fingerprint density at radius 1 is 1.42 bits per heavy atom. The van der Waals surface area contributed by atoms with Crippen molar-refractivity contribution in [3.8, 4) is 5.88 Å². The third-order valence-electron chi connectivity index (χ3n) is 5.00. The highest BCUT2D eigenvalue weighted by Gasteiger charge is 2.49. The molecule has 2 fully saturated rings. The lowest BCUT2D eigenvalue weighted by Gasteiger charge is -2.53. The lowest BCUT2D eigenvalue weighted by atomic mass is 9.79. The number of carbonyl (C=O) groups is 1. The molecule has 138 valence electrons. The smallest absolute Gasteiger partial charge is 0.276 e. The second kappa shape index (κ2) is 7.03. The molecule has 8 heteroatoms. The van der Waals surface area contributed by atoms with Crippen LogP contribution < -0.4 is 4.74 Å². The molecule has 4 heterocycles. The molecule has 2 aromatic heterocycles. The molecule has 2 aromatic rings. The average molecular weight is 358 g/mol. The fraction of sp³-hybridized carbons (Fsp3) is 0.556. The van der Waals surface area contributed by atoms with Crippen LogP contribution in [0.1, 0.15) is 35.4 Å². The van der Waals surface area contributed by atoms with Crippen molar-refractivity contribution in [2.75, 3.05) is 26.3 Å². The minimum atomic E-state index is -0.217. The van der Waals surface area contributed by atoms with Gasteiger partial charge in [-0.1, -0.05) is 0 Å². The van der Waals surface area contributed by atoms with Crippen LogP contribution in [0.5, 0.6) is 5.88 Å². The maximum Gasteiger partial charge on any atom is 0.276 e. The molecule has 2 aliphatic rings. The van der Waals surface area contributed by atoms with E-state index in [0.29, 0.717) is 37.2 Å². The first kappa shape index (κ1) is 17.0. The number of oxazole rings is 1. The Morgan fingerprint density at radius 2 is 2.31 bits per heavy atom. The molecule has 1 atom stereocenters. The number of ether oxygens (including phenoxy) is 2. The molecule has 1 spiro atoms. The number of amides is 1. The molecule has 8 nitrogen and oxygen atoms in total. The molecule has 2 aliphatic heterocycles. The van der Waals surface area contributed by atoms with E-state index in [1.165, 1.54) is 12.7 Å². The number of hydrogen-bond donors (Lipinski definition) is 0. The number of aryl methyl sites for hydroxylation is 1. The van der Waals surface area contributed by atoms with Crippen LogP contribution >= 0.6 is 0 Å². The second-order valence-electron chi connectivity index (χ2n) is 7.06. The lowest BCUT2D eigenvalue weighted by molar-refractivity contribution is -0.166. The van der Waals surface area contributed by atoms with Crippen molar-refractivity contribution in [1.82, 2.24) is 19.9 Å². The third kappa shape index (κ3) is 3.55. The van der Waals surface area contributed by atoms with Crippen molar-refractivity contribution < 1.29 is 18.7 Å². The summed E-state index contributed by atoms with van der Waals surface area (Å²) < 4.78 is 16.6. The summed E-state index contributed by atoms with van der Waals surface area (Å²) in [6.45, 7) is 4.45. The molecular formula is C18H22N4O4. The monoisotopic (exact) mass is 358 g/mol. The molecule has 1 amide bonds. The van der Waals surface area contributed by atoms with Gasteiger partial charge < -0.3 is 18.8 Å². The van der Waals surface area contributed by atoms with Crippen LogP contribution in [0.25, 0.3) is 0 Å². The largest absolute Gasteiger partial charge is 0.477 e. The quantitative estimate of drug-likeness (QED) is 0.806. The fourth-order valence-corrected chi connectivity index (χ4v) is 3.71. The molecule has 0 aromatic carbocycles. The van der Waals surface area contributed by atoms with E-state index in [2.05, 4.69) is 15.0 Å². The van der Waals surface area contributed by atoms with E-state index in [-0.39, 0.29) is 11.5 Å². The van der Waals surface area contributed by atoms with Gasteiger partial charge in [0, 0.05) is 12.8 Å². The standard InChI is InChI=1S/C18H22N4O4/c1-13-7-19-8-16(21-13)25-4-2-14-3-5-26-18(6-14)10-22(11-18)17(23)15-9-24-12-20-15/h7-9,12,14H,2-6,10-11H2,1H3/t14-/m1/s1. The Kier molecular flexibility index (Phi) is 4.58. The Bertz CT molecular complexity index is 758. The van der Waals surface area contributed by atoms with Gasteiger partial charge in [-0.15, -0.1) is 0 Å². The molecule has 26 heavy (non-hydrogen) atoms. The maximum atomic E-state index is 12.3. The highest BCUT2D eigenvalue weighted by atomic mass is 16.5. The molecule has 0 radical (unpaired) electrons. The normalized spacial score (nSPS) is 21.4. The first-order valence-electron chi connectivity index (χ1n) is 8.86. The molecule has 0 N–H and O–H groups in total. The highest BCUT2D eigenvalue weighted by Crippen LogP contribution is 2.38. The van der Waals surface area contributed by atoms with E-state index in [1.54, 1.807) is 17.3 Å². The molecule has 4 rings (SSSR count). The topological polar surface area (TPSA) is 90.6 Å². The molecule has 0 aliphatic carbocycles. The van der Waals surface area contributed by atoms with E-state index < -0.39 is 0 Å². The zero-order chi connectivity index (χ0) is 18.0. The zero-order valence-corrected chi connectivity index (χ0v) is 14.8. The van der Waals surface area contributed by atoms with E-state index >= 15 is 0 Å². The Morgan fingerprint density at radius 3 is 3.08 bits per heavy atom. The molecule has 0 bridgehead atoms. The summed E-state index contributed by atoms with van der Waals surface area (Å²) in [7, 11) is 0. The van der Waals surface area contributed by atoms with Crippen molar-refractivity contribution in [3.05, 3.63) is 36.4 Å². The predicted octanol–water partition coefficient (Wildman–Crippen LogP) is 1.86. The van der Waals surface area contributed by atoms with Gasteiger partial charge in [-0.25, -0.2) is 9.97 Å². The Balaban J connectivity index is 1.25. The number of rotatable bonds is 5. The van der Waals surface area contributed by atoms with Gasteiger partial charge in [0.25, 0.3) is 5.91 Å². The van der Waals surface area contributed by atoms with Crippen LogP contribution in [0.2, 0.25) is 0 Å². The maximum absolute atomic E-state index is 12.3. The van der Waals surface area contributed by atoms with Gasteiger partial charge in [0.1, 0.15) is 11.9 Å². The van der Waals surface area contributed by atoms with Crippen molar-refractivity contribution >= 4 is 5.91 Å². The van der Waals surface area contributed by atoms with Crippen LogP contribution in [-0.2, 0) is 4.74 Å². The first-order chi connectivity index (χ1) is 12.6. The van der Waals surface area contributed by atoms with Crippen molar-refractivity contribution in [3.63, 3.8) is 0 Å². The molecule has 0 unspecified atom stereocenters. The minimum absolute atomic E-state index is 0.101. The van der Waals surface area contributed by atoms with Crippen LogP contribution in [0.3, 0.4) is 0 Å². The van der Waals surface area contributed by atoms with Crippen LogP contribution in [-0.4, -0.2) is 57.7 Å². The van der Waals surface area contributed by atoms with Gasteiger partial charge >= 0.3 is 0 Å².